The average Bonchev–Trinajstić information content (AvgIpc) is 2.76. The largest absolute Gasteiger partial charge is 0.395 e. The minimum absolute atomic E-state index is 0.311. The molecule has 0 radical (unpaired) electrons. The summed E-state index contributed by atoms with van der Waals surface area (Å²) in [4.78, 5) is 3.78. The fourth-order valence-electron chi connectivity index (χ4n) is 1.91. The number of likely N-dealkylation sites (tertiary alicyclic amines) is 1. The molecule has 1 saturated heterocycles. The van der Waals surface area contributed by atoms with Crippen molar-refractivity contribution in [2.24, 2.45) is 0 Å². The Morgan fingerprint density at radius 1 is 1.62 bits per heavy atom. The SMILES string of the molecule is OC[C@H]1CCCN1Cc1cccs1. The average molecular weight is 197 g/mol. The summed E-state index contributed by atoms with van der Waals surface area (Å²) in [5.41, 5.74) is 0. The molecule has 0 amide bonds. The van der Waals surface area contributed by atoms with Gasteiger partial charge in [0.2, 0.25) is 0 Å². The first-order valence-electron chi connectivity index (χ1n) is 4.77. The number of hydrogen-bond donors (Lipinski definition) is 1. The number of nitrogens with zero attached hydrogens (tertiary/aromatic N) is 1. The van der Waals surface area contributed by atoms with Crippen molar-refractivity contribution in [3.8, 4) is 0 Å². The van der Waals surface area contributed by atoms with Crippen LogP contribution in [0, 0.1) is 0 Å². The molecule has 0 spiro atoms. The summed E-state index contributed by atoms with van der Waals surface area (Å²) in [5.74, 6) is 0. The lowest BCUT2D eigenvalue weighted by Crippen LogP contribution is -2.31. The van der Waals surface area contributed by atoms with Gasteiger partial charge in [-0.25, -0.2) is 0 Å². The summed E-state index contributed by atoms with van der Waals surface area (Å²) in [6, 6.07) is 4.66. The topological polar surface area (TPSA) is 23.5 Å². The van der Waals surface area contributed by atoms with Gasteiger partial charge in [-0.05, 0) is 30.8 Å². The van der Waals surface area contributed by atoms with Gasteiger partial charge in [0.15, 0.2) is 0 Å². The van der Waals surface area contributed by atoms with Crippen LogP contribution in [0.3, 0.4) is 0 Å². The Morgan fingerprint density at radius 2 is 2.54 bits per heavy atom. The van der Waals surface area contributed by atoms with Crippen molar-refractivity contribution in [3.05, 3.63) is 22.4 Å². The first-order valence-corrected chi connectivity index (χ1v) is 5.65. The maximum Gasteiger partial charge on any atom is 0.0587 e. The first kappa shape index (κ1) is 9.19. The van der Waals surface area contributed by atoms with Crippen LogP contribution in [0.15, 0.2) is 17.5 Å². The highest BCUT2D eigenvalue weighted by atomic mass is 32.1. The number of hydrogen-bond acceptors (Lipinski definition) is 3. The molecule has 0 aliphatic carbocycles. The van der Waals surface area contributed by atoms with Gasteiger partial charge in [0.05, 0.1) is 6.61 Å². The Balaban J connectivity index is 1.94. The lowest BCUT2D eigenvalue weighted by molar-refractivity contribution is 0.154. The van der Waals surface area contributed by atoms with E-state index in [1.54, 1.807) is 11.3 Å². The van der Waals surface area contributed by atoms with Crippen LogP contribution in [-0.4, -0.2) is 29.2 Å². The van der Waals surface area contributed by atoms with Crippen LogP contribution in [0.2, 0.25) is 0 Å². The van der Waals surface area contributed by atoms with Crippen LogP contribution < -0.4 is 0 Å². The van der Waals surface area contributed by atoms with Crippen molar-refractivity contribution >= 4 is 11.3 Å². The lowest BCUT2D eigenvalue weighted by Gasteiger charge is -2.21. The van der Waals surface area contributed by atoms with Gasteiger partial charge in [-0.1, -0.05) is 6.07 Å². The second-order valence-corrected chi connectivity index (χ2v) is 4.56. The number of rotatable bonds is 3. The predicted octanol–water partition coefficient (Wildman–Crippen LogP) is 1.70. The van der Waals surface area contributed by atoms with Gasteiger partial charge in [0.25, 0.3) is 0 Å². The molecule has 0 aromatic carbocycles. The van der Waals surface area contributed by atoms with E-state index in [-0.39, 0.29) is 0 Å². The highest BCUT2D eigenvalue weighted by Crippen LogP contribution is 2.21. The molecule has 1 aliphatic heterocycles. The van der Waals surface area contributed by atoms with Crippen LogP contribution in [0.25, 0.3) is 0 Å². The van der Waals surface area contributed by atoms with Crippen LogP contribution in [-0.2, 0) is 6.54 Å². The molecular weight excluding hydrogens is 182 g/mol. The van der Waals surface area contributed by atoms with E-state index in [0.717, 1.165) is 19.5 Å². The Labute approximate surface area is 82.8 Å². The van der Waals surface area contributed by atoms with Gasteiger partial charge in [-0.3, -0.25) is 4.90 Å². The maximum atomic E-state index is 9.13. The van der Waals surface area contributed by atoms with Crippen molar-refractivity contribution in [1.29, 1.82) is 0 Å². The van der Waals surface area contributed by atoms with Crippen molar-refractivity contribution in [2.75, 3.05) is 13.2 Å². The minimum Gasteiger partial charge on any atom is -0.395 e. The predicted molar refractivity (Wildman–Crippen MR) is 54.8 cm³/mol. The molecule has 1 aromatic heterocycles. The maximum absolute atomic E-state index is 9.13. The van der Waals surface area contributed by atoms with E-state index in [1.165, 1.54) is 11.3 Å². The van der Waals surface area contributed by atoms with Crippen molar-refractivity contribution in [2.45, 2.75) is 25.4 Å². The van der Waals surface area contributed by atoms with Crippen molar-refractivity contribution < 1.29 is 5.11 Å². The molecule has 2 heterocycles. The second-order valence-electron chi connectivity index (χ2n) is 3.53. The highest BCUT2D eigenvalue weighted by Gasteiger charge is 2.23. The van der Waals surface area contributed by atoms with Gasteiger partial charge in [-0.15, -0.1) is 11.3 Å². The van der Waals surface area contributed by atoms with Gasteiger partial charge in [-0.2, -0.15) is 0 Å². The van der Waals surface area contributed by atoms with Crippen LogP contribution in [0.4, 0.5) is 0 Å². The molecule has 1 fully saturated rings. The van der Waals surface area contributed by atoms with Crippen LogP contribution in [0.5, 0.6) is 0 Å². The Morgan fingerprint density at radius 3 is 3.23 bits per heavy atom. The third-order valence-electron chi connectivity index (χ3n) is 2.65. The van der Waals surface area contributed by atoms with Gasteiger partial charge < -0.3 is 5.11 Å². The number of aliphatic hydroxyl groups excluding tert-OH is 1. The summed E-state index contributed by atoms with van der Waals surface area (Å²) < 4.78 is 0. The number of aliphatic hydroxyl groups is 1. The molecule has 0 unspecified atom stereocenters. The molecule has 1 N–H and O–H groups in total. The Bertz CT molecular complexity index is 247. The molecule has 1 aliphatic rings. The zero-order valence-electron chi connectivity index (χ0n) is 7.65. The summed E-state index contributed by atoms with van der Waals surface area (Å²) in [5, 5.41) is 11.2. The smallest absolute Gasteiger partial charge is 0.0587 e. The van der Waals surface area contributed by atoms with E-state index >= 15 is 0 Å². The zero-order chi connectivity index (χ0) is 9.10. The molecule has 2 nitrogen and oxygen atoms in total. The standard InChI is InChI=1S/C10H15NOS/c12-8-9-3-1-5-11(9)7-10-4-2-6-13-10/h2,4,6,9,12H,1,3,5,7-8H2/t9-/m1/s1. The highest BCUT2D eigenvalue weighted by molar-refractivity contribution is 7.09. The monoisotopic (exact) mass is 197 g/mol. The third kappa shape index (κ3) is 2.10. The normalized spacial score (nSPS) is 23.9. The van der Waals surface area contributed by atoms with Crippen molar-refractivity contribution in [3.63, 3.8) is 0 Å². The molecule has 13 heavy (non-hydrogen) atoms. The van der Waals surface area contributed by atoms with E-state index in [0.29, 0.717) is 12.6 Å². The van der Waals surface area contributed by atoms with Gasteiger partial charge in [0.1, 0.15) is 0 Å². The van der Waals surface area contributed by atoms with Crippen molar-refractivity contribution in [1.82, 2.24) is 4.90 Å². The molecular formula is C10H15NOS. The fourth-order valence-corrected chi connectivity index (χ4v) is 2.64. The third-order valence-corrected chi connectivity index (χ3v) is 3.51. The molecule has 72 valence electrons. The van der Waals surface area contributed by atoms with E-state index in [1.807, 2.05) is 0 Å². The first-order chi connectivity index (χ1) is 6.40. The second kappa shape index (κ2) is 4.22. The lowest BCUT2D eigenvalue weighted by atomic mass is 10.2. The molecule has 1 aromatic rings. The summed E-state index contributed by atoms with van der Waals surface area (Å²) in [7, 11) is 0. The number of thiophene rings is 1. The molecule has 2 rings (SSSR count). The molecule has 0 saturated carbocycles. The van der Waals surface area contributed by atoms with Crippen LogP contribution in [0.1, 0.15) is 17.7 Å². The molecule has 1 atom stereocenters. The van der Waals surface area contributed by atoms with E-state index in [9.17, 15) is 0 Å². The summed E-state index contributed by atoms with van der Waals surface area (Å²) >= 11 is 1.80. The Hall–Kier alpha value is -0.380. The van der Waals surface area contributed by atoms with E-state index in [4.69, 9.17) is 5.11 Å². The summed E-state index contributed by atoms with van der Waals surface area (Å²) in [6.07, 6.45) is 2.39. The molecule has 3 heteroatoms. The van der Waals surface area contributed by atoms with E-state index in [2.05, 4.69) is 22.4 Å². The molecule has 0 bridgehead atoms. The van der Waals surface area contributed by atoms with Gasteiger partial charge >= 0.3 is 0 Å². The fraction of sp³-hybridized carbons (Fsp3) is 0.600. The van der Waals surface area contributed by atoms with E-state index < -0.39 is 0 Å². The quantitative estimate of drug-likeness (QED) is 0.797. The summed E-state index contributed by atoms with van der Waals surface area (Å²) in [6.45, 7) is 2.47. The zero-order valence-corrected chi connectivity index (χ0v) is 8.46. The van der Waals surface area contributed by atoms with Gasteiger partial charge in [0, 0.05) is 17.5 Å². The van der Waals surface area contributed by atoms with Crippen LogP contribution >= 0.6 is 11.3 Å². The Kier molecular flexibility index (Phi) is 2.98. The minimum atomic E-state index is 0.311.